The highest BCUT2D eigenvalue weighted by atomic mass is 16.6. The molecule has 28 heavy (non-hydrogen) atoms. The number of aryl methyl sites for hydroxylation is 2. The van der Waals surface area contributed by atoms with Gasteiger partial charge in [0.05, 0.1) is 0 Å². The van der Waals surface area contributed by atoms with Gasteiger partial charge in [-0.2, -0.15) is 0 Å². The van der Waals surface area contributed by atoms with Crippen molar-refractivity contribution in [3.63, 3.8) is 0 Å². The summed E-state index contributed by atoms with van der Waals surface area (Å²) < 4.78 is 11.0. The van der Waals surface area contributed by atoms with E-state index in [1.807, 2.05) is 26.0 Å². The van der Waals surface area contributed by atoms with Crippen molar-refractivity contribution in [2.24, 2.45) is 0 Å². The highest BCUT2D eigenvalue weighted by Crippen LogP contribution is 2.32. The molecule has 2 aliphatic rings. The predicted molar refractivity (Wildman–Crippen MR) is 106 cm³/mol. The fourth-order valence-corrected chi connectivity index (χ4v) is 3.62. The molecule has 7 nitrogen and oxygen atoms in total. The first-order valence-electron chi connectivity index (χ1n) is 9.36. The maximum atomic E-state index is 12.8. The molecule has 7 heteroatoms. The van der Waals surface area contributed by atoms with E-state index < -0.39 is 12.1 Å². The van der Waals surface area contributed by atoms with Gasteiger partial charge in [0.25, 0.3) is 0 Å². The Morgan fingerprint density at radius 2 is 1.75 bits per heavy atom. The van der Waals surface area contributed by atoms with Crippen molar-refractivity contribution in [1.29, 1.82) is 0 Å². The molecule has 0 saturated carbocycles. The second-order valence-electron chi connectivity index (χ2n) is 7.13. The van der Waals surface area contributed by atoms with E-state index in [9.17, 15) is 9.59 Å². The van der Waals surface area contributed by atoms with E-state index in [0.29, 0.717) is 43.4 Å². The second-order valence-corrected chi connectivity index (χ2v) is 7.13. The maximum absolute atomic E-state index is 12.8. The third-order valence-corrected chi connectivity index (χ3v) is 4.83. The molecule has 1 atom stereocenters. The van der Waals surface area contributed by atoms with Crippen LogP contribution in [0.2, 0.25) is 0 Å². The van der Waals surface area contributed by atoms with Gasteiger partial charge < -0.3 is 25.0 Å². The molecule has 0 spiro atoms. The zero-order chi connectivity index (χ0) is 19.7. The summed E-state index contributed by atoms with van der Waals surface area (Å²) in [6.45, 7) is 5.59. The molecule has 1 unspecified atom stereocenters. The van der Waals surface area contributed by atoms with Crippen molar-refractivity contribution in [3.05, 3.63) is 47.5 Å². The molecule has 2 aromatic rings. The summed E-state index contributed by atoms with van der Waals surface area (Å²) in [5.74, 6) is 1.16. The monoisotopic (exact) mass is 381 g/mol. The molecule has 2 heterocycles. The molecular weight excluding hydrogens is 358 g/mol. The van der Waals surface area contributed by atoms with Gasteiger partial charge in [0.2, 0.25) is 5.91 Å². The van der Waals surface area contributed by atoms with Crippen LogP contribution >= 0.6 is 0 Å². The van der Waals surface area contributed by atoms with Crippen LogP contribution in [-0.4, -0.2) is 37.7 Å². The van der Waals surface area contributed by atoms with Crippen LogP contribution in [0.4, 0.5) is 16.2 Å². The van der Waals surface area contributed by atoms with Gasteiger partial charge >= 0.3 is 6.03 Å². The van der Waals surface area contributed by atoms with Crippen LogP contribution in [0.25, 0.3) is 0 Å². The first-order chi connectivity index (χ1) is 13.5. The lowest BCUT2D eigenvalue weighted by Crippen LogP contribution is -2.43. The first-order valence-corrected chi connectivity index (χ1v) is 9.36. The number of anilines is 2. The van der Waals surface area contributed by atoms with Crippen molar-refractivity contribution in [1.82, 2.24) is 5.32 Å². The molecule has 1 saturated heterocycles. The average Bonchev–Trinajstić information content (AvgIpc) is 3.01. The van der Waals surface area contributed by atoms with E-state index in [1.54, 1.807) is 23.1 Å². The number of fused-ring (bicyclic) bond motifs is 1. The van der Waals surface area contributed by atoms with Gasteiger partial charge in [-0.1, -0.05) is 6.07 Å². The molecule has 146 valence electrons. The first kappa shape index (κ1) is 18.2. The van der Waals surface area contributed by atoms with E-state index >= 15 is 0 Å². The number of rotatable bonds is 3. The summed E-state index contributed by atoms with van der Waals surface area (Å²) >= 11 is 0. The maximum Gasteiger partial charge on any atom is 0.319 e. The molecule has 2 aromatic carbocycles. The zero-order valence-electron chi connectivity index (χ0n) is 16.0. The van der Waals surface area contributed by atoms with Gasteiger partial charge in [0.1, 0.15) is 19.3 Å². The number of nitrogens with one attached hydrogen (secondary N) is 2. The Kier molecular flexibility index (Phi) is 4.81. The van der Waals surface area contributed by atoms with E-state index in [0.717, 1.165) is 16.8 Å². The standard InChI is InChI=1S/C21H23N3O4/c1-13-9-14(2)11-16(10-13)24-6-5-17(20(24)25)23-21(26)22-15-3-4-18-19(12-15)28-8-7-27-18/h3-4,9-12,17H,5-8H2,1-2H3,(H2,22,23,26). The number of hydrogen-bond acceptors (Lipinski definition) is 4. The van der Waals surface area contributed by atoms with E-state index in [4.69, 9.17) is 9.47 Å². The fraction of sp³-hybridized carbons (Fsp3) is 0.333. The van der Waals surface area contributed by atoms with Crippen LogP contribution in [0.1, 0.15) is 17.5 Å². The number of carbonyl (C=O) groups is 2. The zero-order valence-corrected chi connectivity index (χ0v) is 16.0. The highest BCUT2D eigenvalue weighted by Gasteiger charge is 2.33. The minimum absolute atomic E-state index is 0.0951. The molecule has 0 radical (unpaired) electrons. The third-order valence-electron chi connectivity index (χ3n) is 4.83. The lowest BCUT2D eigenvalue weighted by Gasteiger charge is -2.20. The van der Waals surface area contributed by atoms with Crippen LogP contribution < -0.4 is 25.0 Å². The molecule has 3 amide bonds. The Bertz CT molecular complexity index is 908. The SMILES string of the molecule is Cc1cc(C)cc(N2CCC(NC(=O)Nc3ccc4c(c3)OCCO4)C2=O)c1. The Labute approximate surface area is 163 Å². The normalized spacial score (nSPS) is 18.1. The van der Waals surface area contributed by atoms with Crippen LogP contribution in [0.3, 0.4) is 0 Å². The summed E-state index contributed by atoms with van der Waals surface area (Å²) in [4.78, 5) is 26.9. The van der Waals surface area contributed by atoms with Gasteiger partial charge in [-0.3, -0.25) is 4.79 Å². The van der Waals surface area contributed by atoms with Crippen molar-refractivity contribution in [2.45, 2.75) is 26.3 Å². The largest absolute Gasteiger partial charge is 0.486 e. The molecule has 0 aliphatic carbocycles. The number of amides is 3. The number of hydrogen-bond donors (Lipinski definition) is 2. The van der Waals surface area contributed by atoms with Gasteiger partial charge in [-0.05, 0) is 55.7 Å². The van der Waals surface area contributed by atoms with E-state index in [1.165, 1.54) is 0 Å². The van der Waals surface area contributed by atoms with Gasteiger partial charge in [-0.25, -0.2) is 4.79 Å². The molecule has 2 N–H and O–H groups in total. The van der Waals surface area contributed by atoms with Gasteiger partial charge in [0.15, 0.2) is 11.5 Å². The summed E-state index contributed by atoms with van der Waals surface area (Å²) in [7, 11) is 0. The number of ether oxygens (including phenoxy) is 2. The fourth-order valence-electron chi connectivity index (χ4n) is 3.62. The molecule has 0 bridgehead atoms. The molecule has 1 fully saturated rings. The Morgan fingerprint density at radius 1 is 1.04 bits per heavy atom. The van der Waals surface area contributed by atoms with Crippen molar-refractivity contribution < 1.29 is 19.1 Å². The highest BCUT2D eigenvalue weighted by molar-refractivity contribution is 6.02. The summed E-state index contributed by atoms with van der Waals surface area (Å²) in [5.41, 5.74) is 3.67. The van der Waals surface area contributed by atoms with Gasteiger partial charge in [0, 0.05) is 24.0 Å². The second kappa shape index (κ2) is 7.42. The molecule has 2 aliphatic heterocycles. The number of urea groups is 1. The topological polar surface area (TPSA) is 79.9 Å². The number of nitrogens with zero attached hydrogens (tertiary/aromatic N) is 1. The Hall–Kier alpha value is -3.22. The molecular formula is C21H23N3O4. The van der Waals surface area contributed by atoms with E-state index in [2.05, 4.69) is 16.7 Å². The summed E-state index contributed by atoms with van der Waals surface area (Å²) in [6.07, 6.45) is 0.570. The minimum atomic E-state index is -0.543. The Morgan fingerprint density at radius 3 is 2.50 bits per heavy atom. The van der Waals surface area contributed by atoms with Crippen LogP contribution in [0.15, 0.2) is 36.4 Å². The predicted octanol–water partition coefficient (Wildman–Crippen LogP) is 3.00. The lowest BCUT2D eigenvalue weighted by atomic mass is 10.1. The Balaban J connectivity index is 1.39. The molecule has 4 rings (SSSR count). The van der Waals surface area contributed by atoms with Crippen LogP contribution in [0.5, 0.6) is 11.5 Å². The van der Waals surface area contributed by atoms with Gasteiger partial charge in [-0.15, -0.1) is 0 Å². The molecule has 0 aromatic heterocycles. The van der Waals surface area contributed by atoms with Crippen LogP contribution in [0, 0.1) is 13.8 Å². The summed E-state index contributed by atoms with van der Waals surface area (Å²) in [6, 6.07) is 10.3. The van der Waals surface area contributed by atoms with Crippen molar-refractivity contribution in [3.8, 4) is 11.5 Å². The number of benzene rings is 2. The summed E-state index contributed by atoms with van der Waals surface area (Å²) in [5, 5.41) is 5.53. The minimum Gasteiger partial charge on any atom is -0.486 e. The third kappa shape index (κ3) is 3.74. The smallest absolute Gasteiger partial charge is 0.319 e. The number of carbonyl (C=O) groups excluding carboxylic acids is 2. The lowest BCUT2D eigenvalue weighted by molar-refractivity contribution is -0.118. The quantitative estimate of drug-likeness (QED) is 0.857. The van der Waals surface area contributed by atoms with E-state index in [-0.39, 0.29) is 5.91 Å². The average molecular weight is 381 g/mol. The van der Waals surface area contributed by atoms with Crippen molar-refractivity contribution in [2.75, 3.05) is 30.0 Å². The van der Waals surface area contributed by atoms with Crippen LogP contribution in [-0.2, 0) is 4.79 Å². The van der Waals surface area contributed by atoms with Crippen molar-refractivity contribution >= 4 is 23.3 Å².